The molecular weight excluding hydrogens is 220 g/mol. The van der Waals surface area contributed by atoms with Crippen molar-refractivity contribution in [2.24, 2.45) is 17.6 Å². The van der Waals surface area contributed by atoms with Crippen LogP contribution in [0.3, 0.4) is 0 Å². The number of hydrogen-bond donors (Lipinski definition) is 2. The maximum atomic E-state index is 5.69. The van der Waals surface area contributed by atoms with Gasteiger partial charge in [-0.2, -0.15) is 0 Å². The van der Waals surface area contributed by atoms with Gasteiger partial charge >= 0.3 is 0 Å². The van der Waals surface area contributed by atoms with Crippen molar-refractivity contribution in [2.45, 2.75) is 77.7 Å². The van der Waals surface area contributed by atoms with Gasteiger partial charge in [-0.25, -0.2) is 0 Å². The quantitative estimate of drug-likeness (QED) is 0.648. The summed E-state index contributed by atoms with van der Waals surface area (Å²) in [6.45, 7) is 9.09. The predicted octanol–water partition coefficient (Wildman–Crippen LogP) is 3.70. The fraction of sp³-hybridized carbons (Fsp3) is 1.00. The Morgan fingerprint density at radius 1 is 1.11 bits per heavy atom. The van der Waals surface area contributed by atoms with Gasteiger partial charge in [0, 0.05) is 5.54 Å². The third-order valence-corrected chi connectivity index (χ3v) is 4.74. The van der Waals surface area contributed by atoms with Gasteiger partial charge in [-0.1, -0.05) is 33.1 Å². The Hall–Kier alpha value is -0.0800. The van der Waals surface area contributed by atoms with E-state index in [4.69, 9.17) is 5.73 Å². The average Bonchev–Trinajstić information content (AvgIpc) is 2.33. The highest BCUT2D eigenvalue weighted by Gasteiger charge is 2.25. The van der Waals surface area contributed by atoms with Crippen molar-refractivity contribution in [3.63, 3.8) is 0 Å². The van der Waals surface area contributed by atoms with E-state index in [-0.39, 0.29) is 0 Å². The maximum Gasteiger partial charge on any atom is 0.0153 e. The van der Waals surface area contributed by atoms with Gasteiger partial charge in [-0.15, -0.1) is 0 Å². The molecule has 108 valence electrons. The van der Waals surface area contributed by atoms with E-state index in [1.807, 2.05) is 0 Å². The van der Waals surface area contributed by atoms with E-state index in [0.29, 0.717) is 5.54 Å². The molecule has 2 nitrogen and oxygen atoms in total. The lowest BCUT2D eigenvalue weighted by atomic mass is 9.83. The van der Waals surface area contributed by atoms with Crippen LogP contribution in [0.5, 0.6) is 0 Å². The van der Waals surface area contributed by atoms with E-state index in [0.717, 1.165) is 18.4 Å². The number of nitrogens with one attached hydrogen (secondary N) is 1. The Kier molecular flexibility index (Phi) is 7.25. The SMILES string of the molecule is CC(C)C(CCN)CCCNC1(C)CCCCC1. The van der Waals surface area contributed by atoms with Crippen molar-refractivity contribution in [2.75, 3.05) is 13.1 Å². The Morgan fingerprint density at radius 3 is 2.33 bits per heavy atom. The molecule has 0 aromatic heterocycles. The molecule has 1 saturated carbocycles. The zero-order chi connectivity index (χ0) is 13.4. The molecule has 1 rings (SSSR count). The number of nitrogens with two attached hydrogens (primary N) is 1. The highest BCUT2D eigenvalue weighted by Crippen LogP contribution is 2.27. The molecule has 1 fully saturated rings. The number of rotatable bonds is 8. The van der Waals surface area contributed by atoms with Gasteiger partial charge in [-0.3, -0.25) is 0 Å². The predicted molar refractivity (Wildman–Crippen MR) is 80.7 cm³/mol. The molecule has 0 heterocycles. The first-order chi connectivity index (χ1) is 8.57. The Morgan fingerprint density at radius 2 is 1.78 bits per heavy atom. The fourth-order valence-electron chi connectivity index (χ4n) is 3.29. The van der Waals surface area contributed by atoms with E-state index in [1.54, 1.807) is 0 Å². The van der Waals surface area contributed by atoms with E-state index < -0.39 is 0 Å². The summed E-state index contributed by atoms with van der Waals surface area (Å²) in [6, 6.07) is 0. The monoisotopic (exact) mass is 254 g/mol. The third kappa shape index (κ3) is 5.71. The van der Waals surface area contributed by atoms with Gasteiger partial charge < -0.3 is 11.1 Å². The standard InChI is InChI=1S/C16H34N2/c1-14(2)15(9-12-17)8-7-13-18-16(3)10-5-4-6-11-16/h14-15,18H,4-13,17H2,1-3H3. The molecule has 0 saturated heterocycles. The molecule has 18 heavy (non-hydrogen) atoms. The van der Waals surface area contributed by atoms with Gasteiger partial charge in [0.05, 0.1) is 0 Å². The lowest BCUT2D eigenvalue weighted by Crippen LogP contribution is -2.44. The van der Waals surface area contributed by atoms with Crippen molar-refractivity contribution in [1.29, 1.82) is 0 Å². The second kappa shape index (κ2) is 8.16. The lowest BCUT2D eigenvalue weighted by molar-refractivity contribution is 0.246. The lowest BCUT2D eigenvalue weighted by Gasteiger charge is -2.35. The second-order valence-corrected chi connectivity index (χ2v) is 6.77. The summed E-state index contributed by atoms with van der Waals surface area (Å²) >= 11 is 0. The fourth-order valence-corrected chi connectivity index (χ4v) is 3.29. The van der Waals surface area contributed by atoms with Crippen molar-refractivity contribution in [3.05, 3.63) is 0 Å². The zero-order valence-corrected chi connectivity index (χ0v) is 12.8. The first-order valence-electron chi connectivity index (χ1n) is 8.02. The Balaban J connectivity index is 2.16. The molecule has 1 aliphatic carbocycles. The largest absolute Gasteiger partial charge is 0.330 e. The molecule has 0 radical (unpaired) electrons. The first-order valence-corrected chi connectivity index (χ1v) is 8.02. The summed E-state index contributed by atoms with van der Waals surface area (Å²) in [4.78, 5) is 0. The van der Waals surface area contributed by atoms with E-state index in [1.165, 1.54) is 57.9 Å². The molecule has 0 aliphatic heterocycles. The van der Waals surface area contributed by atoms with Crippen LogP contribution < -0.4 is 11.1 Å². The van der Waals surface area contributed by atoms with Crippen molar-refractivity contribution in [1.82, 2.24) is 5.32 Å². The third-order valence-electron chi connectivity index (χ3n) is 4.74. The molecule has 0 amide bonds. The van der Waals surface area contributed by atoms with Crippen molar-refractivity contribution < 1.29 is 0 Å². The molecular formula is C16H34N2. The minimum absolute atomic E-state index is 0.430. The molecule has 0 aromatic rings. The van der Waals surface area contributed by atoms with Gasteiger partial charge in [0.2, 0.25) is 0 Å². The van der Waals surface area contributed by atoms with Gasteiger partial charge in [0.15, 0.2) is 0 Å². The van der Waals surface area contributed by atoms with Crippen LogP contribution in [0.4, 0.5) is 0 Å². The summed E-state index contributed by atoms with van der Waals surface area (Å²) in [5.41, 5.74) is 6.12. The highest BCUT2D eigenvalue weighted by atomic mass is 15.0. The van der Waals surface area contributed by atoms with Crippen LogP contribution in [0, 0.1) is 11.8 Å². The highest BCUT2D eigenvalue weighted by molar-refractivity contribution is 4.86. The van der Waals surface area contributed by atoms with E-state index in [2.05, 4.69) is 26.1 Å². The van der Waals surface area contributed by atoms with Gasteiger partial charge in [0.25, 0.3) is 0 Å². The minimum Gasteiger partial charge on any atom is -0.330 e. The molecule has 3 N–H and O–H groups in total. The Bertz CT molecular complexity index is 207. The van der Waals surface area contributed by atoms with Crippen molar-refractivity contribution in [3.8, 4) is 0 Å². The summed E-state index contributed by atoms with van der Waals surface area (Å²) in [5.74, 6) is 1.59. The van der Waals surface area contributed by atoms with Gasteiger partial charge in [-0.05, 0) is 64.0 Å². The zero-order valence-electron chi connectivity index (χ0n) is 12.8. The normalized spacial score (nSPS) is 21.2. The topological polar surface area (TPSA) is 38.0 Å². The van der Waals surface area contributed by atoms with Crippen molar-refractivity contribution >= 4 is 0 Å². The molecule has 0 spiro atoms. The average molecular weight is 254 g/mol. The second-order valence-electron chi connectivity index (χ2n) is 6.77. The molecule has 1 aliphatic rings. The van der Waals surface area contributed by atoms with E-state index >= 15 is 0 Å². The molecule has 2 heteroatoms. The van der Waals surface area contributed by atoms with E-state index in [9.17, 15) is 0 Å². The number of hydrogen-bond acceptors (Lipinski definition) is 2. The van der Waals surface area contributed by atoms with Crippen LogP contribution in [0.2, 0.25) is 0 Å². The minimum atomic E-state index is 0.430. The molecule has 1 unspecified atom stereocenters. The van der Waals surface area contributed by atoms with Crippen LogP contribution in [-0.4, -0.2) is 18.6 Å². The Labute approximate surface area is 114 Å². The summed E-state index contributed by atoms with van der Waals surface area (Å²) in [7, 11) is 0. The summed E-state index contributed by atoms with van der Waals surface area (Å²) in [5, 5.41) is 3.80. The summed E-state index contributed by atoms with van der Waals surface area (Å²) < 4.78 is 0. The van der Waals surface area contributed by atoms with Gasteiger partial charge in [0.1, 0.15) is 0 Å². The maximum absolute atomic E-state index is 5.69. The van der Waals surface area contributed by atoms with Crippen LogP contribution in [-0.2, 0) is 0 Å². The molecule has 0 aromatic carbocycles. The molecule has 0 bridgehead atoms. The van der Waals surface area contributed by atoms with Crippen LogP contribution in [0.15, 0.2) is 0 Å². The molecule has 1 atom stereocenters. The summed E-state index contributed by atoms with van der Waals surface area (Å²) in [6.07, 6.45) is 10.8. The van der Waals surface area contributed by atoms with Crippen LogP contribution >= 0.6 is 0 Å². The smallest absolute Gasteiger partial charge is 0.0153 e. The van der Waals surface area contributed by atoms with Crippen LogP contribution in [0.1, 0.15) is 72.1 Å². The first kappa shape index (κ1) is 16.0. The van der Waals surface area contributed by atoms with Crippen LogP contribution in [0.25, 0.3) is 0 Å².